The van der Waals surface area contributed by atoms with Gasteiger partial charge in [-0.3, -0.25) is 14.4 Å². The molecule has 8 rings (SSSR count). The van der Waals surface area contributed by atoms with Gasteiger partial charge in [-0.25, -0.2) is 0 Å². The highest BCUT2D eigenvalue weighted by Gasteiger charge is 2.53. The number of nitrogens with zero attached hydrogens (tertiary/aromatic N) is 1. The molecule has 2 aliphatic carbocycles. The predicted molar refractivity (Wildman–Crippen MR) is 189 cm³/mol. The van der Waals surface area contributed by atoms with E-state index in [4.69, 9.17) is 33.2 Å². The van der Waals surface area contributed by atoms with Crippen molar-refractivity contribution in [2.45, 2.75) is 145 Å². The van der Waals surface area contributed by atoms with Crippen molar-refractivity contribution in [3.8, 4) is 11.5 Å². The lowest BCUT2D eigenvalue weighted by Crippen LogP contribution is -2.62. The van der Waals surface area contributed by atoms with E-state index in [1.54, 1.807) is 13.8 Å². The van der Waals surface area contributed by atoms with E-state index in [-0.39, 0.29) is 70.6 Å². The molecule has 4 N–H and O–H groups in total. The van der Waals surface area contributed by atoms with E-state index in [9.17, 15) is 34.8 Å². The fraction of sp³-hybridized carbons (Fsp3) is 0.625. The fourth-order valence-electron chi connectivity index (χ4n) is 9.22. The number of ether oxygens (including phenoxy) is 7. The molecule has 15 heteroatoms. The van der Waals surface area contributed by atoms with Gasteiger partial charge in [0.2, 0.25) is 5.78 Å². The summed E-state index contributed by atoms with van der Waals surface area (Å²) < 4.78 is 44.3. The number of benzene rings is 2. The summed E-state index contributed by atoms with van der Waals surface area (Å²) in [4.78, 5) is 41.8. The smallest absolute Gasteiger partial charge is 0.201 e. The molecule has 6 aliphatic rings. The molecule has 4 fully saturated rings. The van der Waals surface area contributed by atoms with Crippen molar-refractivity contribution in [2.24, 2.45) is 0 Å². The number of ketones is 3. The Kier molecular flexibility index (Phi) is 9.97. The number of hydrogen-bond acceptors (Lipinski definition) is 15. The average Bonchev–Trinajstić information content (AvgIpc) is 3.13. The van der Waals surface area contributed by atoms with E-state index in [2.05, 4.69) is 0 Å². The van der Waals surface area contributed by atoms with Crippen LogP contribution in [0.2, 0.25) is 0 Å². The Bertz CT molecular complexity index is 1880. The average molecular weight is 768 g/mol. The van der Waals surface area contributed by atoms with Crippen LogP contribution >= 0.6 is 0 Å². The molecule has 15 nitrogen and oxygen atoms in total. The van der Waals surface area contributed by atoms with Crippen molar-refractivity contribution < 1.29 is 68.0 Å². The van der Waals surface area contributed by atoms with Crippen molar-refractivity contribution in [3.63, 3.8) is 0 Å². The number of carbonyl (C=O) groups is 3. The van der Waals surface area contributed by atoms with E-state index in [0.29, 0.717) is 12.8 Å². The molecule has 0 saturated carbocycles. The van der Waals surface area contributed by atoms with E-state index in [0.717, 1.165) is 0 Å². The van der Waals surface area contributed by atoms with E-state index >= 15 is 0 Å². The summed E-state index contributed by atoms with van der Waals surface area (Å²) in [6, 6.07) is 5.23. The van der Waals surface area contributed by atoms with Gasteiger partial charge in [0.25, 0.3) is 0 Å². The molecule has 4 saturated heterocycles. The Labute approximate surface area is 318 Å². The highest BCUT2D eigenvalue weighted by Crippen LogP contribution is 2.53. The van der Waals surface area contributed by atoms with Gasteiger partial charge in [-0.1, -0.05) is 19.1 Å². The van der Waals surface area contributed by atoms with Crippen LogP contribution in [-0.2, 0) is 38.0 Å². The molecule has 4 aliphatic heterocycles. The SMILES string of the molecule is CCC1(O)CC(OC2CC(N(C)C)C(OC3CC4OC5CC(=O)C(C)OC5OC4C(C)O3)C(C)O2)c2c(cc3c(c2O)C(=O)c2c(O)cccc2C3=O)C1O. The second-order valence-corrected chi connectivity index (χ2v) is 16.0. The molecule has 14 atom stereocenters. The minimum Gasteiger partial charge on any atom is -0.507 e. The molecule has 0 amide bonds. The molecule has 298 valence electrons. The van der Waals surface area contributed by atoms with Gasteiger partial charge in [0.05, 0.1) is 41.1 Å². The zero-order valence-corrected chi connectivity index (χ0v) is 31.7. The second kappa shape index (κ2) is 14.2. The first-order valence-electron chi connectivity index (χ1n) is 19.1. The lowest BCUT2D eigenvalue weighted by atomic mass is 9.71. The predicted octanol–water partition coefficient (Wildman–Crippen LogP) is 2.95. The monoisotopic (exact) mass is 767 g/mol. The molecule has 0 aromatic heterocycles. The lowest BCUT2D eigenvalue weighted by molar-refractivity contribution is -0.371. The van der Waals surface area contributed by atoms with Crippen molar-refractivity contribution >= 4 is 17.3 Å². The number of likely N-dealkylation sites (N-methyl/N-ethyl adjacent to an activating group) is 1. The summed E-state index contributed by atoms with van der Waals surface area (Å²) in [5.74, 6) is -2.34. The lowest BCUT2D eigenvalue weighted by Gasteiger charge is -2.51. The van der Waals surface area contributed by atoms with Crippen LogP contribution in [0.15, 0.2) is 24.3 Å². The Hall–Kier alpha value is -3.35. The van der Waals surface area contributed by atoms with Crippen LogP contribution in [0.25, 0.3) is 0 Å². The van der Waals surface area contributed by atoms with Crippen molar-refractivity contribution in [1.29, 1.82) is 0 Å². The zero-order chi connectivity index (χ0) is 39.2. The molecular formula is C40H49NO14. The molecular weight excluding hydrogens is 718 g/mol. The maximum atomic E-state index is 13.8. The summed E-state index contributed by atoms with van der Waals surface area (Å²) in [5.41, 5.74) is -2.25. The fourth-order valence-corrected chi connectivity index (χ4v) is 9.22. The first kappa shape index (κ1) is 38.5. The molecule has 0 spiro atoms. The number of aliphatic hydroxyl groups excluding tert-OH is 1. The third-order valence-corrected chi connectivity index (χ3v) is 12.3. The third-order valence-electron chi connectivity index (χ3n) is 12.3. The molecule has 14 unspecified atom stereocenters. The second-order valence-electron chi connectivity index (χ2n) is 16.0. The molecule has 0 bridgehead atoms. The van der Waals surface area contributed by atoms with Gasteiger partial charge in [0.1, 0.15) is 42.0 Å². The summed E-state index contributed by atoms with van der Waals surface area (Å²) in [7, 11) is 3.82. The van der Waals surface area contributed by atoms with Gasteiger partial charge >= 0.3 is 0 Å². The van der Waals surface area contributed by atoms with Crippen molar-refractivity contribution in [3.05, 3.63) is 57.6 Å². The zero-order valence-electron chi connectivity index (χ0n) is 31.7. The van der Waals surface area contributed by atoms with Gasteiger partial charge in [-0.15, -0.1) is 0 Å². The number of Topliss-reactive ketones (excluding diaryl/α,β-unsaturated/α-hetero) is 1. The van der Waals surface area contributed by atoms with Crippen LogP contribution in [0.1, 0.15) is 115 Å². The van der Waals surface area contributed by atoms with Gasteiger partial charge < -0.3 is 58.5 Å². The molecule has 55 heavy (non-hydrogen) atoms. The van der Waals surface area contributed by atoms with Crippen LogP contribution in [0, 0.1) is 0 Å². The summed E-state index contributed by atoms with van der Waals surface area (Å²) >= 11 is 0. The maximum absolute atomic E-state index is 13.8. The third kappa shape index (κ3) is 6.42. The van der Waals surface area contributed by atoms with Gasteiger partial charge in [-0.05, 0) is 59.0 Å². The number of fused-ring (bicyclic) bond motifs is 5. The quantitative estimate of drug-likeness (QED) is 0.285. The van der Waals surface area contributed by atoms with Crippen LogP contribution < -0.4 is 0 Å². The topological polar surface area (TPSA) is 200 Å². The number of carbonyl (C=O) groups excluding carboxylic acids is 3. The Morgan fingerprint density at radius 1 is 0.873 bits per heavy atom. The first-order chi connectivity index (χ1) is 26.1. The Morgan fingerprint density at radius 2 is 1.60 bits per heavy atom. The van der Waals surface area contributed by atoms with Crippen molar-refractivity contribution in [2.75, 3.05) is 14.1 Å². The van der Waals surface area contributed by atoms with Gasteiger partial charge in [-0.2, -0.15) is 0 Å². The van der Waals surface area contributed by atoms with E-state index in [1.807, 2.05) is 32.8 Å². The normalized spacial score (nSPS) is 39.9. The Balaban J connectivity index is 1.03. The van der Waals surface area contributed by atoms with Crippen LogP contribution in [-0.4, -0.2) is 130 Å². The molecule has 4 heterocycles. The summed E-state index contributed by atoms with van der Waals surface area (Å²) in [6.07, 6.45) is -7.25. The molecule has 2 aromatic rings. The summed E-state index contributed by atoms with van der Waals surface area (Å²) in [5, 5.41) is 45.5. The number of aromatic hydroxyl groups is 2. The molecule has 0 radical (unpaired) electrons. The maximum Gasteiger partial charge on any atom is 0.201 e. The number of phenols is 2. The van der Waals surface area contributed by atoms with Gasteiger partial charge in [0.15, 0.2) is 30.4 Å². The van der Waals surface area contributed by atoms with Crippen LogP contribution in [0.5, 0.6) is 11.5 Å². The van der Waals surface area contributed by atoms with Crippen molar-refractivity contribution in [1.82, 2.24) is 4.90 Å². The van der Waals surface area contributed by atoms with E-state index in [1.165, 1.54) is 24.3 Å². The number of aliphatic hydroxyl groups is 2. The van der Waals surface area contributed by atoms with E-state index < -0.39 is 96.4 Å². The summed E-state index contributed by atoms with van der Waals surface area (Å²) in [6.45, 7) is 7.16. The standard InChI is InChI=1S/C40H49NO14/c1-7-40(48)15-27(31-21(38(40)47)11-20-32(35(31)46)34(45)30-19(33(20)44)9-8-10-23(30)42)53-28-12-22(41(5)6)36(17(3)49-28)54-29-14-25-37(18(4)50-29)55-39-26(52-25)13-24(43)16(2)51-39/h8-11,16-18,22,25-29,36-39,42,46-48H,7,12-15H2,1-6H3. The van der Waals surface area contributed by atoms with Crippen LogP contribution in [0.4, 0.5) is 0 Å². The molecule has 2 aromatic carbocycles. The van der Waals surface area contributed by atoms with Crippen LogP contribution in [0.3, 0.4) is 0 Å². The number of hydrogen-bond donors (Lipinski definition) is 4. The minimum absolute atomic E-state index is 0.0251. The number of phenolic OH excluding ortho intramolecular Hbond substituents is 2. The Morgan fingerprint density at radius 3 is 2.33 bits per heavy atom. The highest BCUT2D eigenvalue weighted by atomic mass is 16.8. The minimum atomic E-state index is -1.70. The highest BCUT2D eigenvalue weighted by molar-refractivity contribution is 6.30. The largest absolute Gasteiger partial charge is 0.507 e. The number of rotatable bonds is 6. The van der Waals surface area contributed by atoms with Gasteiger partial charge in [0, 0.05) is 48.4 Å². The first-order valence-corrected chi connectivity index (χ1v) is 19.1.